The maximum Gasteiger partial charge on any atom is 0.246 e. The Kier molecular flexibility index (Phi) is 3.69. The number of aryl methyl sites for hydroxylation is 1. The Balaban J connectivity index is 2.06. The number of benzene rings is 1. The summed E-state index contributed by atoms with van der Waals surface area (Å²) in [6.07, 6.45) is 0. The number of nitrogens with two attached hydrogens (primary N) is 1. The summed E-state index contributed by atoms with van der Waals surface area (Å²) in [5.74, 6) is 0.601. The van der Waals surface area contributed by atoms with Gasteiger partial charge in [-0.15, -0.1) is 0 Å². The molecule has 0 saturated carbocycles. The lowest BCUT2D eigenvalue weighted by Gasteiger charge is -1.97. The van der Waals surface area contributed by atoms with Gasteiger partial charge in [-0.25, -0.2) is 0 Å². The van der Waals surface area contributed by atoms with E-state index >= 15 is 0 Å². The minimum Gasteiger partial charge on any atom is -0.346 e. The Morgan fingerprint density at radius 3 is 2.78 bits per heavy atom. The van der Waals surface area contributed by atoms with Crippen LogP contribution in [0.15, 0.2) is 28.8 Å². The van der Waals surface area contributed by atoms with Crippen LogP contribution in [-0.2, 0) is 11.3 Å². The van der Waals surface area contributed by atoms with Crippen LogP contribution in [0.1, 0.15) is 11.5 Å². The fraction of sp³-hybridized carbons (Fsp3) is 0.250. The molecule has 1 heterocycles. The van der Waals surface area contributed by atoms with Crippen molar-refractivity contribution in [1.82, 2.24) is 15.5 Å². The Bertz CT molecular complexity index is 533. The van der Waals surface area contributed by atoms with E-state index < -0.39 is 0 Å². The second-order valence-electron chi connectivity index (χ2n) is 3.86. The molecule has 3 N–H and O–H groups in total. The van der Waals surface area contributed by atoms with Crippen molar-refractivity contribution in [3.63, 3.8) is 0 Å². The van der Waals surface area contributed by atoms with Crippen LogP contribution in [0.3, 0.4) is 0 Å². The summed E-state index contributed by atoms with van der Waals surface area (Å²) in [4.78, 5) is 15.2. The van der Waals surface area contributed by atoms with Gasteiger partial charge >= 0.3 is 0 Å². The zero-order chi connectivity index (χ0) is 13.0. The number of hydrogen-bond donors (Lipinski definition) is 2. The standard InChI is InChI=1S/C12H14N4O2/c1-8-2-4-9(5-3-8)12-15-11(18-16-12)7-14-10(17)6-13/h2-5H,6-7,13H2,1H3,(H,14,17). The van der Waals surface area contributed by atoms with Gasteiger partial charge in [0.25, 0.3) is 0 Å². The van der Waals surface area contributed by atoms with Crippen LogP contribution in [0.4, 0.5) is 0 Å². The van der Waals surface area contributed by atoms with E-state index in [0.29, 0.717) is 11.7 Å². The monoisotopic (exact) mass is 246 g/mol. The number of nitrogens with zero attached hydrogens (tertiary/aromatic N) is 2. The lowest BCUT2D eigenvalue weighted by atomic mass is 10.1. The van der Waals surface area contributed by atoms with Gasteiger partial charge in [-0.3, -0.25) is 4.79 Å². The lowest BCUT2D eigenvalue weighted by molar-refractivity contribution is -0.120. The van der Waals surface area contributed by atoms with Gasteiger partial charge in [0.2, 0.25) is 17.6 Å². The molecule has 2 aromatic rings. The van der Waals surface area contributed by atoms with Gasteiger partial charge in [-0.05, 0) is 6.92 Å². The van der Waals surface area contributed by atoms with Crippen molar-refractivity contribution in [2.45, 2.75) is 13.5 Å². The van der Waals surface area contributed by atoms with Gasteiger partial charge in [0, 0.05) is 5.56 Å². The molecule has 0 aliphatic rings. The average Bonchev–Trinajstić information content (AvgIpc) is 2.85. The van der Waals surface area contributed by atoms with Crippen LogP contribution < -0.4 is 11.1 Å². The number of amides is 1. The van der Waals surface area contributed by atoms with Crippen LogP contribution in [0.25, 0.3) is 11.4 Å². The van der Waals surface area contributed by atoms with Gasteiger partial charge in [0.05, 0.1) is 13.1 Å². The summed E-state index contributed by atoms with van der Waals surface area (Å²) < 4.78 is 5.03. The Morgan fingerprint density at radius 1 is 1.39 bits per heavy atom. The summed E-state index contributed by atoms with van der Waals surface area (Å²) in [6.45, 7) is 2.14. The van der Waals surface area contributed by atoms with E-state index in [1.165, 1.54) is 0 Å². The summed E-state index contributed by atoms with van der Waals surface area (Å²) in [5.41, 5.74) is 7.21. The first kappa shape index (κ1) is 12.3. The molecule has 1 aromatic carbocycles. The number of rotatable bonds is 4. The quantitative estimate of drug-likeness (QED) is 0.824. The van der Waals surface area contributed by atoms with Gasteiger partial charge in [0.1, 0.15) is 0 Å². The first-order valence-corrected chi connectivity index (χ1v) is 5.55. The molecule has 0 radical (unpaired) electrons. The highest BCUT2D eigenvalue weighted by molar-refractivity contribution is 5.77. The molecule has 0 atom stereocenters. The van der Waals surface area contributed by atoms with E-state index in [1.807, 2.05) is 31.2 Å². The molecule has 0 aliphatic carbocycles. The lowest BCUT2D eigenvalue weighted by Crippen LogP contribution is -2.29. The normalized spacial score (nSPS) is 10.3. The molecule has 0 spiro atoms. The van der Waals surface area contributed by atoms with Crippen LogP contribution >= 0.6 is 0 Å². The first-order chi connectivity index (χ1) is 8.69. The Morgan fingerprint density at radius 2 is 2.11 bits per heavy atom. The molecule has 0 fully saturated rings. The van der Waals surface area contributed by atoms with Crippen molar-refractivity contribution < 1.29 is 9.32 Å². The summed E-state index contributed by atoms with van der Waals surface area (Å²) >= 11 is 0. The van der Waals surface area contributed by atoms with E-state index in [4.69, 9.17) is 10.3 Å². The van der Waals surface area contributed by atoms with E-state index in [0.717, 1.165) is 11.1 Å². The van der Waals surface area contributed by atoms with Crippen LogP contribution in [0, 0.1) is 6.92 Å². The van der Waals surface area contributed by atoms with E-state index in [9.17, 15) is 4.79 Å². The molecule has 18 heavy (non-hydrogen) atoms. The SMILES string of the molecule is Cc1ccc(-c2noc(CNC(=O)CN)n2)cc1. The van der Waals surface area contributed by atoms with Gasteiger partial charge in [-0.2, -0.15) is 4.98 Å². The molecular formula is C12H14N4O2. The zero-order valence-electron chi connectivity index (χ0n) is 10.0. The van der Waals surface area contributed by atoms with Gasteiger partial charge in [-0.1, -0.05) is 35.0 Å². The molecule has 0 saturated heterocycles. The van der Waals surface area contributed by atoms with E-state index in [-0.39, 0.29) is 19.0 Å². The van der Waals surface area contributed by atoms with Crippen molar-refractivity contribution >= 4 is 5.91 Å². The molecule has 0 unspecified atom stereocenters. The molecule has 94 valence electrons. The Labute approximate surface area is 104 Å². The van der Waals surface area contributed by atoms with Crippen molar-refractivity contribution in [2.24, 2.45) is 5.73 Å². The Hall–Kier alpha value is -2.21. The largest absolute Gasteiger partial charge is 0.346 e. The first-order valence-electron chi connectivity index (χ1n) is 5.55. The third kappa shape index (κ3) is 2.92. The van der Waals surface area contributed by atoms with Crippen molar-refractivity contribution in [1.29, 1.82) is 0 Å². The third-order valence-corrected chi connectivity index (χ3v) is 2.40. The van der Waals surface area contributed by atoms with Crippen molar-refractivity contribution in [3.05, 3.63) is 35.7 Å². The van der Waals surface area contributed by atoms with E-state index in [1.54, 1.807) is 0 Å². The number of carbonyl (C=O) groups excluding carboxylic acids is 1. The third-order valence-electron chi connectivity index (χ3n) is 2.40. The fourth-order valence-corrected chi connectivity index (χ4v) is 1.39. The molecule has 1 amide bonds. The second-order valence-corrected chi connectivity index (χ2v) is 3.86. The number of aromatic nitrogens is 2. The molecule has 1 aromatic heterocycles. The number of carbonyl (C=O) groups is 1. The fourth-order valence-electron chi connectivity index (χ4n) is 1.39. The maximum absolute atomic E-state index is 11.0. The highest BCUT2D eigenvalue weighted by Crippen LogP contribution is 2.16. The topological polar surface area (TPSA) is 94.0 Å². The maximum atomic E-state index is 11.0. The van der Waals surface area contributed by atoms with Crippen molar-refractivity contribution in [2.75, 3.05) is 6.54 Å². The van der Waals surface area contributed by atoms with Gasteiger partial charge < -0.3 is 15.6 Å². The predicted molar refractivity (Wildman–Crippen MR) is 65.4 cm³/mol. The molecule has 0 bridgehead atoms. The van der Waals surface area contributed by atoms with Crippen molar-refractivity contribution in [3.8, 4) is 11.4 Å². The molecule has 6 heteroatoms. The number of hydrogen-bond acceptors (Lipinski definition) is 5. The van der Waals surface area contributed by atoms with Gasteiger partial charge in [0.15, 0.2) is 0 Å². The zero-order valence-corrected chi connectivity index (χ0v) is 10.0. The number of nitrogens with one attached hydrogen (secondary N) is 1. The van der Waals surface area contributed by atoms with Crippen LogP contribution in [0.2, 0.25) is 0 Å². The summed E-state index contributed by atoms with van der Waals surface area (Å²) in [7, 11) is 0. The smallest absolute Gasteiger partial charge is 0.246 e. The summed E-state index contributed by atoms with van der Waals surface area (Å²) in [6, 6.07) is 7.79. The van der Waals surface area contributed by atoms with Crippen LogP contribution in [0.5, 0.6) is 0 Å². The predicted octanol–water partition coefficient (Wildman–Crippen LogP) is 0.620. The molecular weight excluding hydrogens is 232 g/mol. The molecule has 0 aliphatic heterocycles. The second kappa shape index (κ2) is 5.42. The minimum atomic E-state index is -0.259. The molecule has 2 rings (SSSR count). The van der Waals surface area contributed by atoms with Crippen LogP contribution in [-0.4, -0.2) is 22.6 Å². The molecule has 6 nitrogen and oxygen atoms in total. The average molecular weight is 246 g/mol. The summed E-state index contributed by atoms with van der Waals surface area (Å²) in [5, 5.41) is 6.41. The van der Waals surface area contributed by atoms with E-state index in [2.05, 4.69) is 15.5 Å². The highest BCUT2D eigenvalue weighted by Gasteiger charge is 2.08. The minimum absolute atomic E-state index is 0.0566. The highest BCUT2D eigenvalue weighted by atomic mass is 16.5.